The molecule has 0 atom stereocenters. The van der Waals surface area contributed by atoms with Crippen molar-refractivity contribution in [1.82, 2.24) is 20.0 Å². The molecule has 0 bridgehead atoms. The minimum Gasteiger partial charge on any atom is -0.364 e. The van der Waals surface area contributed by atoms with E-state index < -0.39 is 17.6 Å². The first-order valence-electron chi connectivity index (χ1n) is 12.0. The molecule has 0 aliphatic heterocycles. The van der Waals surface area contributed by atoms with Crippen LogP contribution in [-0.2, 0) is 33.9 Å². The highest BCUT2D eigenvalue weighted by Gasteiger charge is 2.34. The highest BCUT2D eigenvalue weighted by atomic mass is 35.5. The molecular weight excluding hydrogens is 501 g/mol. The molecule has 1 fully saturated rings. The van der Waals surface area contributed by atoms with Crippen molar-refractivity contribution in [3.8, 4) is 0 Å². The van der Waals surface area contributed by atoms with Crippen LogP contribution in [0.25, 0.3) is 10.9 Å². The predicted molar refractivity (Wildman–Crippen MR) is 135 cm³/mol. The maximum atomic E-state index is 14.1. The Labute approximate surface area is 217 Å². The molecule has 2 aromatic carbocycles. The van der Waals surface area contributed by atoms with E-state index in [2.05, 4.69) is 10.4 Å². The highest BCUT2D eigenvalue weighted by Crippen LogP contribution is 2.28. The number of nitrogens with two attached hydrogens (primary N) is 1. The molecule has 1 aliphatic carbocycles. The Kier molecular flexibility index (Phi) is 7.87. The highest BCUT2D eigenvalue weighted by molar-refractivity contribution is 6.30. The van der Waals surface area contributed by atoms with Crippen LogP contribution in [0, 0.1) is 5.82 Å². The number of Topliss-reactive ketones (excluding diaryl/α,β-unsaturated/α-hetero) is 1. The first kappa shape index (κ1) is 26.3. The fourth-order valence-electron chi connectivity index (χ4n) is 4.11. The van der Waals surface area contributed by atoms with Crippen LogP contribution >= 0.6 is 11.6 Å². The lowest BCUT2D eigenvalue weighted by Gasteiger charge is -2.22. The average molecular weight is 528 g/mol. The number of fused-ring (bicyclic) bond motifs is 1. The van der Waals surface area contributed by atoms with Gasteiger partial charge >= 0.3 is 0 Å². The quantitative estimate of drug-likeness (QED) is 0.396. The van der Waals surface area contributed by atoms with Crippen LogP contribution in [0.3, 0.4) is 0 Å². The van der Waals surface area contributed by atoms with Gasteiger partial charge < -0.3 is 16.0 Å². The van der Waals surface area contributed by atoms with Crippen molar-refractivity contribution in [2.75, 3.05) is 6.54 Å². The fraction of sp³-hybridized carbons (Fsp3) is 0.346. The molecule has 0 spiro atoms. The van der Waals surface area contributed by atoms with Gasteiger partial charge in [0.05, 0.1) is 17.1 Å². The Morgan fingerprint density at radius 3 is 2.65 bits per heavy atom. The van der Waals surface area contributed by atoms with Crippen LogP contribution in [-0.4, -0.2) is 50.8 Å². The normalized spacial score (nSPS) is 12.9. The summed E-state index contributed by atoms with van der Waals surface area (Å²) in [7, 11) is 0. The van der Waals surface area contributed by atoms with Gasteiger partial charge in [-0.2, -0.15) is 5.10 Å². The van der Waals surface area contributed by atoms with Crippen molar-refractivity contribution in [3.63, 3.8) is 0 Å². The molecule has 11 heteroatoms. The summed E-state index contributed by atoms with van der Waals surface area (Å²) < 4.78 is 15.5. The summed E-state index contributed by atoms with van der Waals surface area (Å²) in [6, 6.07) is 9.60. The Morgan fingerprint density at radius 1 is 1.22 bits per heavy atom. The van der Waals surface area contributed by atoms with Crippen LogP contribution in [0.4, 0.5) is 4.39 Å². The lowest BCUT2D eigenvalue weighted by Crippen LogP contribution is -2.43. The number of carbonyl (C=O) groups is 4. The molecule has 4 rings (SSSR count). The van der Waals surface area contributed by atoms with Crippen molar-refractivity contribution in [2.24, 2.45) is 5.73 Å². The topological polar surface area (TPSA) is 127 Å². The van der Waals surface area contributed by atoms with Gasteiger partial charge in [-0.1, -0.05) is 36.7 Å². The number of primary amides is 1. The molecule has 3 amide bonds. The maximum Gasteiger partial charge on any atom is 0.269 e. The van der Waals surface area contributed by atoms with Gasteiger partial charge in [-0.3, -0.25) is 23.9 Å². The van der Waals surface area contributed by atoms with Crippen LogP contribution in [0.15, 0.2) is 36.4 Å². The number of benzene rings is 2. The molecule has 3 N–H and O–H groups in total. The molecule has 1 aliphatic rings. The Hall–Kier alpha value is -3.79. The zero-order chi connectivity index (χ0) is 26.7. The standard InChI is InChI=1S/C26H27ClFN5O4/c1-2-18(34)10-15-6-9-21-19(11-15)25(26(29)37)31-33(21)14-23(36)32(17-7-8-17)13-22(35)30-12-16-4-3-5-20(27)24(16)28/h3-6,9,11,17H,2,7-8,10,12-14H2,1H3,(H2,29,37)(H,30,35). The minimum atomic E-state index is -0.748. The predicted octanol–water partition coefficient (Wildman–Crippen LogP) is 2.76. The number of aromatic nitrogens is 2. The monoisotopic (exact) mass is 527 g/mol. The summed E-state index contributed by atoms with van der Waals surface area (Å²) in [4.78, 5) is 51.2. The van der Waals surface area contributed by atoms with Gasteiger partial charge in [0.15, 0.2) is 5.69 Å². The maximum absolute atomic E-state index is 14.1. The number of hydrogen-bond acceptors (Lipinski definition) is 5. The van der Waals surface area contributed by atoms with E-state index in [0.29, 0.717) is 17.3 Å². The van der Waals surface area contributed by atoms with E-state index in [4.69, 9.17) is 17.3 Å². The lowest BCUT2D eigenvalue weighted by atomic mass is 10.0. The van der Waals surface area contributed by atoms with E-state index in [0.717, 1.165) is 18.4 Å². The van der Waals surface area contributed by atoms with Crippen molar-refractivity contribution < 1.29 is 23.6 Å². The number of nitrogens with one attached hydrogen (secondary N) is 1. The van der Waals surface area contributed by atoms with Gasteiger partial charge in [-0.05, 0) is 36.6 Å². The number of rotatable bonds is 11. The third-order valence-electron chi connectivity index (χ3n) is 6.26. The number of carbonyl (C=O) groups excluding carboxylic acids is 4. The van der Waals surface area contributed by atoms with Crippen molar-refractivity contribution in [2.45, 2.75) is 51.7 Å². The van der Waals surface area contributed by atoms with Gasteiger partial charge in [0, 0.05) is 36.4 Å². The second-order valence-corrected chi connectivity index (χ2v) is 9.44. The zero-order valence-electron chi connectivity index (χ0n) is 20.3. The largest absolute Gasteiger partial charge is 0.364 e. The Bertz CT molecular complexity index is 1380. The molecule has 194 valence electrons. The summed E-state index contributed by atoms with van der Waals surface area (Å²) >= 11 is 5.79. The third-order valence-corrected chi connectivity index (χ3v) is 6.55. The Balaban J connectivity index is 1.48. The third kappa shape index (κ3) is 6.14. The molecule has 1 heterocycles. The van der Waals surface area contributed by atoms with E-state index >= 15 is 0 Å². The number of nitrogens with zero attached hydrogens (tertiary/aromatic N) is 3. The van der Waals surface area contributed by atoms with E-state index in [-0.39, 0.29) is 60.1 Å². The van der Waals surface area contributed by atoms with Crippen LogP contribution in [0.5, 0.6) is 0 Å². The summed E-state index contributed by atoms with van der Waals surface area (Å²) in [5.74, 6) is -2.08. The van der Waals surface area contributed by atoms with Crippen molar-refractivity contribution in [3.05, 3.63) is 64.1 Å². The smallest absolute Gasteiger partial charge is 0.269 e. The van der Waals surface area contributed by atoms with E-state index in [1.807, 2.05) is 0 Å². The molecule has 0 radical (unpaired) electrons. The summed E-state index contributed by atoms with van der Waals surface area (Å²) in [5, 5.41) is 7.32. The fourth-order valence-corrected chi connectivity index (χ4v) is 4.30. The molecule has 3 aromatic rings. The first-order valence-corrected chi connectivity index (χ1v) is 12.4. The van der Waals surface area contributed by atoms with Gasteiger partial charge in [0.2, 0.25) is 11.8 Å². The van der Waals surface area contributed by atoms with Gasteiger partial charge in [0.25, 0.3) is 5.91 Å². The van der Waals surface area contributed by atoms with Gasteiger partial charge in [-0.25, -0.2) is 4.39 Å². The van der Waals surface area contributed by atoms with Gasteiger partial charge in [0.1, 0.15) is 18.1 Å². The Morgan fingerprint density at radius 2 is 1.97 bits per heavy atom. The average Bonchev–Trinajstić information content (AvgIpc) is 3.65. The van der Waals surface area contributed by atoms with E-state index in [1.165, 1.54) is 21.7 Å². The molecule has 0 saturated heterocycles. The molecule has 9 nitrogen and oxygen atoms in total. The second-order valence-electron chi connectivity index (χ2n) is 9.03. The molecule has 1 aromatic heterocycles. The first-order chi connectivity index (χ1) is 17.7. The van der Waals surface area contributed by atoms with Crippen LogP contribution in [0.2, 0.25) is 5.02 Å². The number of halogens is 2. The van der Waals surface area contributed by atoms with Crippen LogP contribution < -0.4 is 11.1 Å². The SMILES string of the molecule is CCC(=O)Cc1ccc2c(c1)c(C(N)=O)nn2CC(=O)N(CC(=O)NCc1cccc(Cl)c1F)C1CC1. The number of amides is 3. The number of hydrogen-bond donors (Lipinski definition) is 2. The lowest BCUT2D eigenvalue weighted by molar-refractivity contribution is -0.137. The summed E-state index contributed by atoms with van der Waals surface area (Å²) in [5.41, 5.74) is 7.01. The minimum absolute atomic E-state index is 0.00728. The van der Waals surface area contributed by atoms with E-state index in [1.54, 1.807) is 31.2 Å². The summed E-state index contributed by atoms with van der Waals surface area (Å²) in [6.45, 7) is 1.31. The zero-order valence-corrected chi connectivity index (χ0v) is 21.1. The molecule has 0 unspecified atom stereocenters. The van der Waals surface area contributed by atoms with Gasteiger partial charge in [-0.15, -0.1) is 0 Å². The second kappa shape index (κ2) is 11.1. The molecular formula is C26H27ClFN5O4. The van der Waals surface area contributed by atoms with Crippen molar-refractivity contribution >= 4 is 46.0 Å². The van der Waals surface area contributed by atoms with E-state index in [9.17, 15) is 23.6 Å². The van der Waals surface area contributed by atoms with Crippen LogP contribution in [0.1, 0.15) is 47.8 Å². The number of ketones is 1. The molecule has 1 saturated carbocycles. The van der Waals surface area contributed by atoms with Crippen molar-refractivity contribution in [1.29, 1.82) is 0 Å². The summed E-state index contributed by atoms with van der Waals surface area (Å²) in [6.07, 6.45) is 2.15. The molecule has 37 heavy (non-hydrogen) atoms.